The Balaban J connectivity index is 2.55. The minimum absolute atomic E-state index is 0.125. The molecule has 1 aromatic heterocycles. The first-order valence-electron chi connectivity index (χ1n) is 6.73. The zero-order chi connectivity index (χ0) is 15.7. The number of amides is 1. The molecule has 1 amide bonds. The quantitative estimate of drug-likeness (QED) is 0.578. The minimum atomic E-state index is -1.40. The molecule has 1 N–H and O–H groups in total. The van der Waals surface area contributed by atoms with E-state index in [1.54, 1.807) is 25.2 Å². The second kappa shape index (κ2) is 9.12. The van der Waals surface area contributed by atoms with Crippen molar-refractivity contribution in [1.82, 2.24) is 5.32 Å². The van der Waals surface area contributed by atoms with E-state index < -0.39 is 23.9 Å². The third-order valence-corrected chi connectivity index (χ3v) is 3.46. The number of esters is 2. The molecule has 0 saturated heterocycles. The van der Waals surface area contributed by atoms with Crippen LogP contribution in [0.2, 0.25) is 0 Å². The molecule has 0 fully saturated rings. The summed E-state index contributed by atoms with van der Waals surface area (Å²) >= 11 is 1.55. The second-order valence-corrected chi connectivity index (χ2v) is 5.12. The van der Waals surface area contributed by atoms with Gasteiger partial charge in [0.25, 0.3) is 0 Å². The average Bonchev–Trinajstić information content (AvgIpc) is 2.96. The molecule has 6 nitrogen and oxygen atoms in total. The molecule has 7 heteroatoms. The van der Waals surface area contributed by atoms with E-state index in [9.17, 15) is 14.4 Å². The molecule has 1 rings (SSSR count). The van der Waals surface area contributed by atoms with Crippen molar-refractivity contribution in [2.45, 2.75) is 32.7 Å². The monoisotopic (exact) mass is 313 g/mol. The predicted molar refractivity (Wildman–Crippen MR) is 77.8 cm³/mol. The zero-order valence-corrected chi connectivity index (χ0v) is 12.9. The molecule has 1 aromatic rings. The van der Waals surface area contributed by atoms with Crippen molar-refractivity contribution in [3.63, 3.8) is 0 Å². The summed E-state index contributed by atoms with van der Waals surface area (Å²) in [7, 11) is 0. The molecule has 1 heterocycles. The van der Waals surface area contributed by atoms with Crippen molar-refractivity contribution >= 4 is 29.2 Å². The van der Waals surface area contributed by atoms with Crippen LogP contribution in [-0.2, 0) is 30.3 Å². The summed E-state index contributed by atoms with van der Waals surface area (Å²) in [5.74, 6) is -2.00. The molecular weight excluding hydrogens is 294 g/mol. The van der Waals surface area contributed by atoms with Crippen molar-refractivity contribution in [3.8, 4) is 0 Å². The lowest BCUT2D eigenvalue weighted by Crippen LogP contribution is -2.48. The fourth-order valence-electron chi connectivity index (χ4n) is 1.59. The van der Waals surface area contributed by atoms with Crippen molar-refractivity contribution in [2.24, 2.45) is 0 Å². The number of hydrogen-bond donors (Lipinski definition) is 1. The molecule has 0 bridgehead atoms. The first-order valence-corrected chi connectivity index (χ1v) is 7.61. The van der Waals surface area contributed by atoms with Gasteiger partial charge in [-0.05, 0) is 31.7 Å². The van der Waals surface area contributed by atoms with E-state index in [0.29, 0.717) is 6.42 Å². The van der Waals surface area contributed by atoms with Crippen LogP contribution >= 0.6 is 11.3 Å². The Bertz CT molecular complexity index is 454. The topological polar surface area (TPSA) is 81.7 Å². The van der Waals surface area contributed by atoms with E-state index in [1.807, 2.05) is 17.5 Å². The summed E-state index contributed by atoms with van der Waals surface area (Å²) in [5, 5.41) is 4.29. The van der Waals surface area contributed by atoms with Gasteiger partial charge in [0, 0.05) is 11.3 Å². The summed E-state index contributed by atoms with van der Waals surface area (Å²) < 4.78 is 9.54. The highest BCUT2D eigenvalue weighted by Gasteiger charge is 2.30. The number of carbonyl (C=O) groups excluding carboxylic acids is 3. The van der Waals surface area contributed by atoms with Crippen LogP contribution in [0, 0.1) is 0 Å². The van der Waals surface area contributed by atoms with Gasteiger partial charge in [0.1, 0.15) is 0 Å². The fourth-order valence-corrected chi connectivity index (χ4v) is 2.30. The van der Waals surface area contributed by atoms with E-state index in [4.69, 9.17) is 9.47 Å². The Labute approximate surface area is 127 Å². The second-order valence-electron chi connectivity index (χ2n) is 4.08. The number of nitrogens with one attached hydrogen (secondary N) is 1. The molecule has 116 valence electrons. The maximum Gasteiger partial charge on any atom is 0.340 e. The third-order valence-electron chi connectivity index (χ3n) is 2.53. The molecule has 0 aliphatic carbocycles. The van der Waals surface area contributed by atoms with Crippen molar-refractivity contribution in [1.29, 1.82) is 0 Å². The predicted octanol–water partition coefficient (Wildman–Crippen LogP) is 1.29. The van der Waals surface area contributed by atoms with Crippen LogP contribution in [-0.4, -0.2) is 37.1 Å². The van der Waals surface area contributed by atoms with Gasteiger partial charge in [-0.15, -0.1) is 11.3 Å². The number of rotatable bonds is 8. The Morgan fingerprint density at radius 1 is 1.19 bits per heavy atom. The van der Waals surface area contributed by atoms with Gasteiger partial charge in [-0.1, -0.05) is 6.07 Å². The van der Waals surface area contributed by atoms with E-state index in [1.165, 1.54) is 0 Å². The fraction of sp³-hybridized carbons (Fsp3) is 0.500. The maximum absolute atomic E-state index is 11.8. The van der Waals surface area contributed by atoms with Crippen molar-refractivity contribution < 1.29 is 23.9 Å². The number of aryl methyl sites for hydroxylation is 1. The first kappa shape index (κ1) is 17.2. The summed E-state index contributed by atoms with van der Waals surface area (Å²) in [6.45, 7) is 3.50. The number of carbonyl (C=O) groups is 3. The normalized spacial score (nSPS) is 10.2. The lowest BCUT2D eigenvalue weighted by Gasteiger charge is -2.15. The van der Waals surface area contributed by atoms with Crippen LogP contribution < -0.4 is 5.32 Å². The molecule has 0 saturated carbocycles. The van der Waals surface area contributed by atoms with Crippen molar-refractivity contribution in [2.75, 3.05) is 13.2 Å². The zero-order valence-electron chi connectivity index (χ0n) is 12.1. The molecule has 0 aliphatic heterocycles. The summed E-state index contributed by atoms with van der Waals surface area (Å²) in [6.07, 6.45) is 0.748. The van der Waals surface area contributed by atoms with Gasteiger partial charge in [-0.2, -0.15) is 0 Å². The van der Waals surface area contributed by atoms with Crippen LogP contribution in [0.25, 0.3) is 0 Å². The summed E-state index contributed by atoms with van der Waals surface area (Å²) in [6, 6.07) is 2.42. The molecule has 0 unspecified atom stereocenters. The van der Waals surface area contributed by atoms with Crippen LogP contribution in [0.5, 0.6) is 0 Å². The molecule has 0 aliphatic rings. The number of ether oxygens (including phenoxy) is 2. The Hall–Kier alpha value is -1.89. The lowest BCUT2D eigenvalue weighted by atomic mass is 10.2. The molecule has 0 atom stereocenters. The Kier molecular flexibility index (Phi) is 7.45. The average molecular weight is 313 g/mol. The van der Waals surface area contributed by atoms with E-state index in [-0.39, 0.29) is 19.6 Å². The standard InChI is InChI=1S/C14H19NO5S/c1-3-19-13(17)12(14(18)20-4-2)15-11(16)8-7-10-6-5-9-21-10/h5-6,9,12H,3-4,7-8H2,1-2H3,(H,15,16). The van der Waals surface area contributed by atoms with Gasteiger partial charge in [0.05, 0.1) is 13.2 Å². The minimum Gasteiger partial charge on any atom is -0.464 e. The lowest BCUT2D eigenvalue weighted by molar-refractivity contribution is -0.159. The van der Waals surface area contributed by atoms with Gasteiger partial charge in [0.15, 0.2) is 0 Å². The van der Waals surface area contributed by atoms with Crippen molar-refractivity contribution in [3.05, 3.63) is 22.4 Å². The van der Waals surface area contributed by atoms with E-state index in [2.05, 4.69) is 5.32 Å². The molecular formula is C14H19NO5S. The molecule has 0 aromatic carbocycles. The molecule has 0 spiro atoms. The smallest absolute Gasteiger partial charge is 0.340 e. The molecule has 0 radical (unpaired) electrons. The summed E-state index contributed by atoms with van der Waals surface area (Å²) in [5.41, 5.74) is 0. The third kappa shape index (κ3) is 5.95. The first-order chi connectivity index (χ1) is 10.1. The largest absolute Gasteiger partial charge is 0.464 e. The van der Waals surface area contributed by atoms with Gasteiger partial charge >= 0.3 is 11.9 Å². The van der Waals surface area contributed by atoms with E-state index >= 15 is 0 Å². The Morgan fingerprint density at radius 3 is 2.29 bits per heavy atom. The highest BCUT2D eigenvalue weighted by Crippen LogP contribution is 2.10. The van der Waals surface area contributed by atoms with Gasteiger partial charge in [0.2, 0.25) is 11.9 Å². The molecule has 21 heavy (non-hydrogen) atoms. The van der Waals surface area contributed by atoms with Gasteiger partial charge in [-0.3, -0.25) is 4.79 Å². The summed E-state index contributed by atoms with van der Waals surface area (Å²) in [4.78, 5) is 36.3. The van der Waals surface area contributed by atoms with Crippen LogP contribution in [0.4, 0.5) is 0 Å². The highest BCUT2D eigenvalue weighted by atomic mass is 32.1. The van der Waals surface area contributed by atoms with E-state index in [0.717, 1.165) is 4.88 Å². The van der Waals surface area contributed by atoms with Gasteiger partial charge in [-0.25, -0.2) is 9.59 Å². The van der Waals surface area contributed by atoms with Gasteiger partial charge < -0.3 is 14.8 Å². The number of hydrogen-bond acceptors (Lipinski definition) is 6. The highest BCUT2D eigenvalue weighted by molar-refractivity contribution is 7.09. The van der Waals surface area contributed by atoms with Crippen LogP contribution in [0.1, 0.15) is 25.1 Å². The Morgan fingerprint density at radius 2 is 1.81 bits per heavy atom. The number of thiophene rings is 1. The van der Waals surface area contributed by atoms with Crippen LogP contribution in [0.3, 0.4) is 0 Å². The van der Waals surface area contributed by atoms with Crippen LogP contribution in [0.15, 0.2) is 17.5 Å². The maximum atomic E-state index is 11.8. The SMILES string of the molecule is CCOC(=O)C(NC(=O)CCc1cccs1)C(=O)OCC.